The number of benzene rings is 1. The maximum absolute atomic E-state index is 12.0. The summed E-state index contributed by atoms with van der Waals surface area (Å²) < 4.78 is 5.75. The monoisotopic (exact) mass is 275 g/mol. The van der Waals surface area contributed by atoms with Crippen LogP contribution in [0.15, 0.2) is 18.2 Å². The third kappa shape index (κ3) is 3.99. The van der Waals surface area contributed by atoms with Crippen LogP contribution in [0.4, 0.5) is 0 Å². The van der Waals surface area contributed by atoms with Crippen molar-refractivity contribution in [3.05, 3.63) is 29.3 Å². The van der Waals surface area contributed by atoms with Gasteiger partial charge in [0.05, 0.1) is 6.04 Å². The lowest BCUT2D eigenvalue weighted by atomic mass is 10.1. The van der Waals surface area contributed by atoms with E-state index in [1.165, 1.54) is 24.0 Å². The molecule has 1 amide bonds. The molecule has 2 rings (SSSR count). The van der Waals surface area contributed by atoms with E-state index in [9.17, 15) is 4.79 Å². The van der Waals surface area contributed by atoms with E-state index in [-0.39, 0.29) is 17.9 Å². The summed E-state index contributed by atoms with van der Waals surface area (Å²) in [4.78, 5) is 12.0. The van der Waals surface area contributed by atoms with E-state index >= 15 is 0 Å². The highest BCUT2D eigenvalue weighted by Crippen LogP contribution is 2.24. The molecule has 0 aromatic heterocycles. The van der Waals surface area contributed by atoms with Crippen molar-refractivity contribution in [3.63, 3.8) is 0 Å². The van der Waals surface area contributed by atoms with Crippen LogP contribution in [0.3, 0.4) is 0 Å². The van der Waals surface area contributed by atoms with E-state index in [0.29, 0.717) is 6.61 Å². The zero-order chi connectivity index (χ0) is 14.5. The SMILES string of the molecule is Cc1ccc(OC[C@H](C)NC(=O)C2CCCC2)cc1C. The molecule has 20 heavy (non-hydrogen) atoms. The molecule has 1 aliphatic rings. The van der Waals surface area contributed by atoms with Gasteiger partial charge in [0.2, 0.25) is 5.91 Å². The fourth-order valence-corrected chi connectivity index (χ4v) is 2.62. The van der Waals surface area contributed by atoms with Crippen LogP contribution in [0, 0.1) is 19.8 Å². The lowest BCUT2D eigenvalue weighted by Gasteiger charge is -2.18. The van der Waals surface area contributed by atoms with Gasteiger partial charge in [0.1, 0.15) is 12.4 Å². The standard InChI is InChI=1S/C17H25NO2/c1-12-8-9-16(10-13(12)2)20-11-14(3)18-17(19)15-6-4-5-7-15/h8-10,14-15H,4-7,11H2,1-3H3,(H,18,19)/t14-/m0/s1. The van der Waals surface area contributed by atoms with Crippen molar-refractivity contribution in [2.45, 2.75) is 52.5 Å². The number of nitrogens with one attached hydrogen (secondary N) is 1. The van der Waals surface area contributed by atoms with Gasteiger partial charge in [-0.25, -0.2) is 0 Å². The number of rotatable bonds is 5. The van der Waals surface area contributed by atoms with Gasteiger partial charge in [-0.2, -0.15) is 0 Å². The molecule has 0 radical (unpaired) electrons. The first-order chi connectivity index (χ1) is 9.56. The fourth-order valence-electron chi connectivity index (χ4n) is 2.62. The number of aryl methyl sites for hydroxylation is 2. The predicted molar refractivity (Wildman–Crippen MR) is 81.0 cm³/mol. The van der Waals surface area contributed by atoms with E-state index in [2.05, 4.69) is 25.2 Å². The zero-order valence-electron chi connectivity index (χ0n) is 12.7. The van der Waals surface area contributed by atoms with Crippen LogP contribution < -0.4 is 10.1 Å². The first kappa shape index (κ1) is 14.9. The Labute approximate surface area is 121 Å². The second-order valence-corrected chi connectivity index (χ2v) is 5.95. The van der Waals surface area contributed by atoms with E-state index < -0.39 is 0 Å². The van der Waals surface area contributed by atoms with E-state index in [0.717, 1.165) is 18.6 Å². The minimum atomic E-state index is 0.0460. The minimum absolute atomic E-state index is 0.0460. The lowest BCUT2D eigenvalue weighted by molar-refractivity contribution is -0.125. The average molecular weight is 275 g/mol. The van der Waals surface area contributed by atoms with Crippen molar-refractivity contribution in [1.82, 2.24) is 5.32 Å². The summed E-state index contributed by atoms with van der Waals surface area (Å²) in [5.41, 5.74) is 2.49. The Morgan fingerprint density at radius 1 is 1.30 bits per heavy atom. The largest absolute Gasteiger partial charge is 0.491 e. The number of ether oxygens (including phenoxy) is 1. The highest BCUT2D eigenvalue weighted by atomic mass is 16.5. The third-order valence-electron chi connectivity index (χ3n) is 4.09. The van der Waals surface area contributed by atoms with Crippen LogP contribution in [-0.4, -0.2) is 18.6 Å². The molecule has 1 aliphatic carbocycles. The van der Waals surface area contributed by atoms with Crippen molar-refractivity contribution in [2.75, 3.05) is 6.61 Å². The predicted octanol–water partition coefficient (Wildman–Crippen LogP) is 3.38. The number of hydrogen-bond donors (Lipinski definition) is 1. The quantitative estimate of drug-likeness (QED) is 0.894. The summed E-state index contributed by atoms with van der Waals surface area (Å²) >= 11 is 0. The van der Waals surface area contributed by atoms with Crippen molar-refractivity contribution >= 4 is 5.91 Å². The minimum Gasteiger partial charge on any atom is -0.491 e. The molecule has 0 heterocycles. The van der Waals surface area contributed by atoms with Crippen molar-refractivity contribution in [3.8, 4) is 5.75 Å². The van der Waals surface area contributed by atoms with Gasteiger partial charge in [-0.15, -0.1) is 0 Å². The van der Waals surface area contributed by atoms with Gasteiger partial charge < -0.3 is 10.1 Å². The summed E-state index contributed by atoms with van der Waals surface area (Å²) in [6.45, 7) is 6.67. The lowest BCUT2D eigenvalue weighted by Crippen LogP contribution is -2.39. The summed E-state index contributed by atoms with van der Waals surface area (Å²) in [6.07, 6.45) is 4.45. The molecule has 0 unspecified atom stereocenters. The Kier molecular flexibility index (Phi) is 5.05. The first-order valence-corrected chi connectivity index (χ1v) is 7.56. The van der Waals surface area contributed by atoms with Gasteiger partial charge in [0, 0.05) is 5.92 Å². The highest BCUT2D eigenvalue weighted by molar-refractivity contribution is 5.79. The van der Waals surface area contributed by atoms with Crippen molar-refractivity contribution in [1.29, 1.82) is 0 Å². The number of carbonyl (C=O) groups is 1. The Bertz CT molecular complexity index is 464. The van der Waals surface area contributed by atoms with Crippen molar-refractivity contribution < 1.29 is 9.53 Å². The Balaban J connectivity index is 1.78. The molecule has 0 aliphatic heterocycles. The second-order valence-electron chi connectivity index (χ2n) is 5.95. The summed E-state index contributed by atoms with van der Waals surface area (Å²) in [7, 11) is 0. The maximum atomic E-state index is 12.0. The molecule has 0 bridgehead atoms. The molecule has 110 valence electrons. The molecule has 1 fully saturated rings. The molecule has 1 atom stereocenters. The van der Waals surface area contributed by atoms with Crippen LogP contribution >= 0.6 is 0 Å². The van der Waals surface area contributed by atoms with Gasteiger partial charge in [-0.05, 0) is 56.9 Å². The van der Waals surface area contributed by atoms with Crippen LogP contribution in [0.2, 0.25) is 0 Å². The molecule has 0 saturated heterocycles. The van der Waals surface area contributed by atoms with Gasteiger partial charge in [-0.3, -0.25) is 4.79 Å². The Hall–Kier alpha value is -1.51. The Morgan fingerprint density at radius 3 is 2.65 bits per heavy atom. The van der Waals surface area contributed by atoms with Crippen LogP contribution in [0.25, 0.3) is 0 Å². The molecule has 1 aromatic rings. The summed E-state index contributed by atoms with van der Waals surface area (Å²) in [5, 5.41) is 3.05. The summed E-state index contributed by atoms with van der Waals surface area (Å²) in [5.74, 6) is 1.29. The smallest absolute Gasteiger partial charge is 0.223 e. The van der Waals surface area contributed by atoms with E-state index in [4.69, 9.17) is 4.74 Å². The zero-order valence-corrected chi connectivity index (χ0v) is 12.7. The molecule has 1 N–H and O–H groups in total. The topological polar surface area (TPSA) is 38.3 Å². The number of amides is 1. The van der Waals surface area contributed by atoms with Gasteiger partial charge in [0.15, 0.2) is 0 Å². The first-order valence-electron chi connectivity index (χ1n) is 7.56. The van der Waals surface area contributed by atoms with Crippen LogP contribution in [0.1, 0.15) is 43.7 Å². The van der Waals surface area contributed by atoms with Crippen LogP contribution in [0.5, 0.6) is 5.75 Å². The molecule has 3 heteroatoms. The average Bonchev–Trinajstić information content (AvgIpc) is 2.94. The molecule has 3 nitrogen and oxygen atoms in total. The van der Waals surface area contributed by atoms with Crippen LogP contribution in [-0.2, 0) is 4.79 Å². The third-order valence-corrected chi connectivity index (χ3v) is 4.09. The number of hydrogen-bond acceptors (Lipinski definition) is 2. The molecule has 1 saturated carbocycles. The van der Waals surface area contributed by atoms with Gasteiger partial charge in [0.25, 0.3) is 0 Å². The van der Waals surface area contributed by atoms with Gasteiger partial charge in [-0.1, -0.05) is 18.9 Å². The molecular weight excluding hydrogens is 250 g/mol. The van der Waals surface area contributed by atoms with E-state index in [1.807, 2.05) is 19.1 Å². The fraction of sp³-hybridized carbons (Fsp3) is 0.588. The normalized spacial score (nSPS) is 16.9. The van der Waals surface area contributed by atoms with Crippen molar-refractivity contribution in [2.24, 2.45) is 5.92 Å². The van der Waals surface area contributed by atoms with Gasteiger partial charge >= 0.3 is 0 Å². The molecule has 0 spiro atoms. The number of carbonyl (C=O) groups excluding carboxylic acids is 1. The second kappa shape index (κ2) is 6.78. The molecular formula is C17H25NO2. The Morgan fingerprint density at radius 2 is 2.00 bits per heavy atom. The highest BCUT2D eigenvalue weighted by Gasteiger charge is 2.23. The van der Waals surface area contributed by atoms with E-state index in [1.54, 1.807) is 0 Å². The summed E-state index contributed by atoms with van der Waals surface area (Å²) in [6, 6.07) is 6.13. The molecule has 1 aromatic carbocycles. The maximum Gasteiger partial charge on any atom is 0.223 e.